The SMILES string of the molecule is CCCCCCCCCCCCCCCC(=O)OC[C@H](CO[P+](=O)OCC[N+](C)(C)C)OC(=O)OC1CC[C@]2(C)C(=CCC3C2CC[C@]2(C)C3CC[C@H]2[C@@H](C)CCCC(C)C)C1. The summed E-state index contributed by atoms with van der Waals surface area (Å²) in [6, 6.07) is 0. The van der Waals surface area contributed by atoms with Crippen LogP contribution in [0.5, 0.6) is 0 Å². The van der Waals surface area contributed by atoms with Gasteiger partial charge in [-0.2, -0.15) is 0 Å². The minimum absolute atomic E-state index is 0.143. The monoisotopic (exact) mass is 892 g/mol. The lowest BCUT2D eigenvalue weighted by Crippen LogP contribution is -2.51. The predicted molar refractivity (Wildman–Crippen MR) is 252 cm³/mol. The van der Waals surface area contributed by atoms with Crippen LogP contribution in [0.1, 0.15) is 202 Å². The first-order valence-corrected chi connectivity index (χ1v) is 26.9. The van der Waals surface area contributed by atoms with Gasteiger partial charge >= 0.3 is 20.4 Å². The zero-order valence-corrected chi connectivity index (χ0v) is 42.3. The third kappa shape index (κ3) is 17.0. The van der Waals surface area contributed by atoms with Crippen LogP contribution < -0.4 is 0 Å². The van der Waals surface area contributed by atoms with Gasteiger partial charge in [-0.15, -0.1) is 9.05 Å². The molecule has 0 radical (unpaired) electrons. The molecular formula is C52H94NO8P+2. The molecule has 0 heterocycles. The van der Waals surface area contributed by atoms with Gasteiger partial charge < -0.3 is 18.7 Å². The molecule has 0 saturated heterocycles. The van der Waals surface area contributed by atoms with Crippen molar-refractivity contribution in [2.24, 2.45) is 46.3 Å². The Morgan fingerprint density at radius 3 is 2.10 bits per heavy atom. The number of hydrogen-bond acceptors (Lipinski definition) is 8. The van der Waals surface area contributed by atoms with Crippen LogP contribution in [0.25, 0.3) is 0 Å². The topological polar surface area (TPSA) is 97.4 Å². The first-order chi connectivity index (χ1) is 29.6. The van der Waals surface area contributed by atoms with Crippen molar-refractivity contribution in [3.63, 3.8) is 0 Å². The fourth-order valence-electron chi connectivity index (χ4n) is 12.3. The van der Waals surface area contributed by atoms with Gasteiger partial charge in [0.1, 0.15) is 25.9 Å². The fraction of sp³-hybridized carbons (Fsp3) is 0.923. The minimum atomic E-state index is -2.44. The molecule has 5 unspecified atom stereocenters. The molecule has 0 aromatic carbocycles. The summed E-state index contributed by atoms with van der Waals surface area (Å²) in [6.07, 6.45) is 30.0. The van der Waals surface area contributed by atoms with E-state index in [1.54, 1.807) is 0 Å². The van der Waals surface area contributed by atoms with E-state index in [1.807, 2.05) is 21.1 Å². The highest BCUT2D eigenvalue weighted by molar-refractivity contribution is 7.33. The molecular weight excluding hydrogens is 798 g/mol. The average Bonchev–Trinajstić information content (AvgIpc) is 3.57. The van der Waals surface area contributed by atoms with Crippen LogP contribution in [0.3, 0.4) is 0 Å². The van der Waals surface area contributed by atoms with E-state index in [1.165, 1.54) is 115 Å². The molecule has 4 aliphatic carbocycles. The smallest absolute Gasteiger partial charge is 0.462 e. The maximum Gasteiger partial charge on any atom is 0.697 e. The Bertz CT molecular complexity index is 1380. The molecule has 62 heavy (non-hydrogen) atoms. The molecule has 0 aromatic heterocycles. The van der Waals surface area contributed by atoms with Gasteiger partial charge in [-0.1, -0.05) is 150 Å². The number of hydrogen-bond donors (Lipinski definition) is 0. The number of carbonyl (C=O) groups excluding carboxylic acids is 2. The molecule has 0 amide bonds. The Morgan fingerprint density at radius 1 is 0.790 bits per heavy atom. The largest absolute Gasteiger partial charge is 0.697 e. The predicted octanol–water partition coefficient (Wildman–Crippen LogP) is 14.3. The van der Waals surface area contributed by atoms with Gasteiger partial charge in [0.25, 0.3) is 0 Å². The van der Waals surface area contributed by atoms with Gasteiger partial charge in [0, 0.05) is 17.4 Å². The van der Waals surface area contributed by atoms with Crippen molar-refractivity contribution in [3.8, 4) is 0 Å². The first-order valence-electron chi connectivity index (χ1n) is 25.8. The highest BCUT2D eigenvalue weighted by Gasteiger charge is 2.59. The molecule has 10 atom stereocenters. The summed E-state index contributed by atoms with van der Waals surface area (Å²) in [5.41, 5.74) is 2.05. The molecule has 0 aromatic rings. The van der Waals surface area contributed by atoms with Crippen LogP contribution in [-0.4, -0.2) is 76.3 Å². The number of ether oxygens (including phenoxy) is 3. The summed E-state index contributed by atoms with van der Waals surface area (Å²) in [5.74, 6) is 4.34. The second kappa shape index (κ2) is 26.6. The van der Waals surface area contributed by atoms with E-state index >= 15 is 0 Å². The zero-order valence-electron chi connectivity index (χ0n) is 41.4. The number of unbranched alkanes of at least 4 members (excludes halogenated alkanes) is 12. The molecule has 358 valence electrons. The summed E-state index contributed by atoms with van der Waals surface area (Å²) >= 11 is 0. The number of carbonyl (C=O) groups is 2. The summed E-state index contributed by atoms with van der Waals surface area (Å²) in [5, 5.41) is 0. The van der Waals surface area contributed by atoms with Crippen molar-refractivity contribution in [2.75, 3.05) is 47.5 Å². The van der Waals surface area contributed by atoms with E-state index in [4.69, 9.17) is 23.3 Å². The average molecular weight is 892 g/mol. The molecule has 3 fully saturated rings. The highest BCUT2D eigenvalue weighted by atomic mass is 31.1. The Kier molecular flexibility index (Phi) is 22.7. The standard InChI is InChI=1S/C52H94NO8P/c1-10-11-12-13-14-15-16-17-18-19-20-21-22-26-49(54)57-38-44(39-59-62(56)58-36-35-53(7,8)9)61-50(55)60-43-31-33-51(5)42(37-43)27-28-45-47-30-29-46(41(4)25-23-24-40(2)3)52(47,6)34-32-48(45)51/h27,40-41,43-48H,10-26,28-39H2,1-9H3/q+2/t41-,43?,44+,45?,46-,47?,48?,51+,52-/m0/s1. The van der Waals surface area contributed by atoms with E-state index in [9.17, 15) is 14.2 Å². The van der Waals surface area contributed by atoms with E-state index in [0.717, 1.165) is 74.5 Å². The highest BCUT2D eigenvalue weighted by Crippen LogP contribution is 2.67. The van der Waals surface area contributed by atoms with Gasteiger partial charge in [0.2, 0.25) is 0 Å². The van der Waals surface area contributed by atoms with Gasteiger partial charge in [-0.3, -0.25) is 4.79 Å². The molecule has 4 rings (SSSR count). The second-order valence-corrected chi connectivity index (χ2v) is 23.3. The normalized spacial score (nSPS) is 28.3. The maximum absolute atomic E-state index is 13.3. The summed E-state index contributed by atoms with van der Waals surface area (Å²) in [7, 11) is 3.64. The second-order valence-electron chi connectivity index (χ2n) is 22.3. The summed E-state index contributed by atoms with van der Waals surface area (Å²) in [6.45, 7) is 15.2. The number of fused-ring (bicyclic) bond motifs is 5. The lowest BCUT2D eigenvalue weighted by Gasteiger charge is -2.58. The van der Waals surface area contributed by atoms with E-state index < -0.39 is 20.5 Å². The Balaban J connectivity index is 1.23. The van der Waals surface area contributed by atoms with Crippen LogP contribution in [0.15, 0.2) is 11.6 Å². The third-order valence-corrected chi connectivity index (χ3v) is 16.8. The zero-order chi connectivity index (χ0) is 45.2. The summed E-state index contributed by atoms with van der Waals surface area (Å²) < 4.78 is 41.4. The van der Waals surface area contributed by atoms with Crippen molar-refractivity contribution in [2.45, 2.75) is 214 Å². The van der Waals surface area contributed by atoms with Crippen LogP contribution in [0.2, 0.25) is 0 Å². The molecule has 3 saturated carbocycles. The molecule has 0 spiro atoms. The lowest BCUT2D eigenvalue weighted by atomic mass is 9.47. The fourth-order valence-corrected chi connectivity index (χ4v) is 12.9. The molecule has 9 nitrogen and oxygen atoms in total. The molecule has 0 aliphatic heterocycles. The van der Waals surface area contributed by atoms with Crippen molar-refractivity contribution < 1.29 is 41.9 Å². The number of quaternary nitrogens is 1. The van der Waals surface area contributed by atoms with Gasteiger partial charge in [0.05, 0.1) is 21.1 Å². The lowest BCUT2D eigenvalue weighted by molar-refractivity contribution is -0.870. The van der Waals surface area contributed by atoms with Crippen molar-refractivity contribution in [1.82, 2.24) is 0 Å². The molecule has 10 heteroatoms. The number of rotatable bonds is 30. The molecule has 0 bridgehead atoms. The number of nitrogens with zero attached hydrogens (tertiary/aromatic N) is 1. The van der Waals surface area contributed by atoms with Gasteiger partial charge in [-0.05, 0) is 97.7 Å². The Morgan fingerprint density at radius 2 is 1.45 bits per heavy atom. The van der Waals surface area contributed by atoms with Crippen molar-refractivity contribution in [1.29, 1.82) is 0 Å². The van der Waals surface area contributed by atoms with Gasteiger partial charge in [-0.25, -0.2) is 4.79 Å². The minimum Gasteiger partial charge on any atom is -0.462 e. The van der Waals surface area contributed by atoms with Crippen LogP contribution in [0.4, 0.5) is 4.79 Å². The summed E-state index contributed by atoms with van der Waals surface area (Å²) in [4.78, 5) is 26.1. The number of likely N-dealkylation sites (N-methyl/N-ethyl adjacent to an activating group) is 1. The Labute approximate surface area is 380 Å². The molecule has 4 aliphatic rings. The quantitative estimate of drug-likeness (QED) is 0.0231. The maximum atomic E-state index is 13.3. The number of esters is 1. The van der Waals surface area contributed by atoms with Gasteiger partial charge in [0.15, 0.2) is 12.7 Å². The first kappa shape index (κ1) is 53.1. The van der Waals surface area contributed by atoms with E-state index in [2.05, 4.69) is 47.6 Å². The molecule has 0 N–H and O–H groups in total. The van der Waals surface area contributed by atoms with E-state index in [0.29, 0.717) is 28.8 Å². The van der Waals surface area contributed by atoms with Crippen LogP contribution >= 0.6 is 8.25 Å². The van der Waals surface area contributed by atoms with Crippen LogP contribution in [-0.2, 0) is 32.6 Å². The number of allylic oxidation sites excluding steroid dienone is 1. The Hall–Kier alpha value is -1.54. The van der Waals surface area contributed by atoms with Crippen molar-refractivity contribution >= 4 is 20.4 Å². The third-order valence-electron chi connectivity index (χ3n) is 16.0. The van der Waals surface area contributed by atoms with Crippen LogP contribution in [0, 0.1) is 46.3 Å². The van der Waals surface area contributed by atoms with Crippen molar-refractivity contribution in [3.05, 3.63) is 11.6 Å². The van der Waals surface area contributed by atoms with E-state index in [-0.39, 0.29) is 37.3 Å².